The molecule has 1 saturated carbocycles. The minimum atomic E-state index is -4.35. The molecule has 0 bridgehead atoms. The van der Waals surface area contributed by atoms with E-state index in [2.05, 4.69) is 5.32 Å². The number of rotatable bonds is 5. The molecule has 1 aliphatic rings. The Hall–Kier alpha value is -1.79. The lowest BCUT2D eigenvalue weighted by Gasteiger charge is -2.13. The number of carbonyl (C=O) groups is 1. The summed E-state index contributed by atoms with van der Waals surface area (Å²) in [5.41, 5.74) is 0.183. The number of amides is 1. The summed E-state index contributed by atoms with van der Waals surface area (Å²) in [6.45, 7) is 1.30. The van der Waals surface area contributed by atoms with Crippen LogP contribution in [-0.2, 0) is 4.79 Å². The van der Waals surface area contributed by atoms with Crippen molar-refractivity contribution >= 4 is 11.6 Å². The predicted octanol–water partition coefficient (Wildman–Crippen LogP) is 3.75. The summed E-state index contributed by atoms with van der Waals surface area (Å²) in [7, 11) is 0. The molecule has 1 N–H and O–H groups in total. The molecule has 0 aromatic heterocycles. The summed E-state index contributed by atoms with van der Waals surface area (Å²) >= 11 is 0. The largest absolute Gasteiger partial charge is 0.491 e. The van der Waals surface area contributed by atoms with Gasteiger partial charge < -0.3 is 10.1 Å². The third-order valence-electron chi connectivity index (χ3n) is 3.29. The summed E-state index contributed by atoms with van der Waals surface area (Å²) in [6.07, 6.45) is -4.71. The van der Waals surface area contributed by atoms with Gasteiger partial charge >= 0.3 is 6.18 Å². The molecule has 2 atom stereocenters. The molecule has 0 heterocycles. The maximum atomic E-state index is 13.2. The minimum Gasteiger partial charge on any atom is -0.491 e. The minimum absolute atomic E-state index is 0.0964. The zero-order valence-electron chi connectivity index (χ0n) is 11.3. The standard InChI is InChI=1S/C14H15F4NO2/c1-8-6-10(8)13(20)19-11-3-2-9(15)7-12(11)21-5-4-14(16,17)18/h2-3,7-8,10H,4-6H2,1H3,(H,19,20). The van der Waals surface area contributed by atoms with Crippen LogP contribution in [-0.4, -0.2) is 18.7 Å². The number of ether oxygens (including phenoxy) is 1. The molecule has 1 amide bonds. The van der Waals surface area contributed by atoms with Gasteiger partial charge in [0.15, 0.2) is 0 Å². The SMILES string of the molecule is CC1CC1C(=O)Nc1ccc(F)cc1OCCC(F)(F)F. The fourth-order valence-corrected chi connectivity index (χ4v) is 1.91. The van der Waals surface area contributed by atoms with Crippen molar-refractivity contribution in [2.24, 2.45) is 11.8 Å². The Kier molecular flexibility index (Phi) is 4.39. The molecule has 7 heteroatoms. The molecule has 0 radical (unpaired) electrons. The number of anilines is 1. The first-order chi connectivity index (χ1) is 9.76. The maximum Gasteiger partial charge on any atom is 0.392 e. The molecule has 0 saturated heterocycles. The first kappa shape index (κ1) is 15.6. The molecule has 1 aliphatic carbocycles. The molecule has 1 aromatic carbocycles. The van der Waals surface area contributed by atoms with E-state index in [1.165, 1.54) is 6.07 Å². The summed E-state index contributed by atoms with van der Waals surface area (Å²) in [5.74, 6) is -0.774. The van der Waals surface area contributed by atoms with Crippen LogP contribution in [0, 0.1) is 17.7 Å². The van der Waals surface area contributed by atoms with E-state index < -0.39 is 25.0 Å². The van der Waals surface area contributed by atoms with Crippen LogP contribution in [0.3, 0.4) is 0 Å². The number of benzene rings is 1. The maximum absolute atomic E-state index is 13.2. The Bertz CT molecular complexity index is 530. The number of carbonyl (C=O) groups excluding carboxylic acids is 1. The smallest absolute Gasteiger partial charge is 0.392 e. The highest BCUT2D eigenvalue weighted by molar-refractivity contribution is 5.95. The van der Waals surface area contributed by atoms with Gasteiger partial charge in [0.2, 0.25) is 5.91 Å². The van der Waals surface area contributed by atoms with Crippen LogP contribution in [0.25, 0.3) is 0 Å². The Morgan fingerprint density at radius 1 is 1.43 bits per heavy atom. The second-order valence-electron chi connectivity index (χ2n) is 5.16. The van der Waals surface area contributed by atoms with Gasteiger partial charge in [-0.3, -0.25) is 4.79 Å². The lowest BCUT2D eigenvalue weighted by Crippen LogP contribution is -2.17. The lowest BCUT2D eigenvalue weighted by atomic mass is 10.2. The molecule has 2 unspecified atom stereocenters. The van der Waals surface area contributed by atoms with Gasteiger partial charge in [-0.25, -0.2) is 4.39 Å². The van der Waals surface area contributed by atoms with Gasteiger partial charge in [-0.15, -0.1) is 0 Å². The van der Waals surface area contributed by atoms with E-state index in [0.29, 0.717) is 5.92 Å². The third kappa shape index (κ3) is 4.61. The van der Waals surface area contributed by atoms with Gasteiger partial charge in [0.1, 0.15) is 11.6 Å². The van der Waals surface area contributed by atoms with Crippen LogP contribution >= 0.6 is 0 Å². The molecule has 0 spiro atoms. The quantitative estimate of drug-likeness (QED) is 0.841. The van der Waals surface area contributed by atoms with E-state index in [1.807, 2.05) is 6.92 Å². The Morgan fingerprint density at radius 2 is 2.10 bits per heavy atom. The van der Waals surface area contributed by atoms with E-state index in [9.17, 15) is 22.4 Å². The van der Waals surface area contributed by atoms with Crippen molar-refractivity contribution in [2.45, 2.75) is 25.9 Å². The van der Waals surface area contributed by atoms with Gasteiger partial charge in [-0.1, -0.05) is 6.92 Å². The first-order valence-electron chi connectivity index (χ1n) is 6.56. The second-order valence-corrected chi connectivity index (χ2v) is 5.16. The summed E-state index contributed by atoms with van der Waals surface area (Å²) in [5, 5.41) is 2.57. The van der Waals surface area contributed by atoms with E-state index in [1.54, 1.807) is 0 Å². The number of halogens is 4. The average molecular weight is 305 g/mol. The number of nitrogens with one attached hydrogen (secondary N) is 1. The Morgan fingerprint density at radius 3 is 2.67 bits per heavy atom. The molecule has 3 nitrogen and oxygen atoms in total. The Labute approximate surface area is 119 Å². The molecule has 0 aliphatic heterocycles. The molecule has 116 valence electrons. The van der Waals surface area contributed by atoms with Gasteiger partial charge in [0, 0.05) is 12.0 Å². The fraction of sp³-hybridized carbons (Fsp3) is 0.500. The van der Waals surface area contributed by atoms with Crippen molar-refractivity contribution in [3.05, 3.63) is 24.0 Å². The lowest BCUT2D eigenvalue weighted by molar-refractivity contribution is -0.139. The van der Waals surface area contributed by atoms with Crippen LogP contribution in [0.15, 0.2) is 18.2 Å². The summed E-state index contributed by atoms with van der Waals surface area (Å²) < 4.78 is 54.4. The normalized spacial score (nSPS) is 21.0. The molecular formula is C14H15F4NO2. The fourth-order valence-electron chi connectivity index (χ4n) is 1.91. The summed E-state index contributed by atoms with van der Waals surface area (Å²) in [4.78, 5) is 11.8. The number of alkyl halides is 3. The highest BCUT2D eigenvalue weighted by Gasteiger charge is 2.39. The highest BCUT2D eigenvalue weighted by Crippen LogP contribution is 2.39. The summed E-state index contributed by atoms with van der Waals surface area (Å²) in [6, 6.07) is 3.36. The average Bonchev–Trinajstić information content (AvgIpc) is 3.08. The zero-order chi connectivity index (χ0) is 15.6. The van der Waals surface area contributed by atoms with Gasteiger partial charge in [-0.05, 0) is 24.5 Å². The molecular weight excluding hydrogens is 290 g/mol. The molecule has 21 heavy (non-hydrogen) atoms. The van der Waals surface area contributed by atoms with Crippen LogP contribution in [0.1, 0.15) is 19.8 Å². The van der Waals surface area contributed by atoms with Crippen molar-refractivity contribution in [1.29, 1.82) is 0 Å². The van der Waals surface area contributed by atoms with Crippen molar-refractivity contribution in [3.8, 4) is 5.75 Å². The monoisotopic (exact) mass is 305 g/mol. The molecule has 1 fully saturated rings. The first-order valence-corrected chi connectivity index (χ1v) is 6.56. The zero-order valence-corrected chi connectivity index (χ0v) is 11.3. The predicted molar refractivity (Wildman–Crippen MR) is 68.5 cm³/mol. The highest BCUT2D eigenvalue weighted by atomic mass is 19.4. The van der Waals surface area contributed by atoms with Crippen molar-refractivity contribution in [3.63, 3.8) is 0 Å². The number of hydrogen-bond acceptors (Lipinski definition) is 2. The van der Waals surface area contributed by atoms with Crippen LogP contribution in [0.2, 0.25) is 0 Å². The van der Waals surface area contributed by atoms with Crippen LogP contribution in [0.4, 0.5) is 23.2 Å². The third-order valence-corrected chi connectivity index (χ3v) is 3.29. The van der Waals surface area contributed by atoms with E-state index in [0.717, 1.165) is 18.6 Å². The molecule has 2 rings (SSSR count). The van der Waals surface area contributed by atoms with Crippen molar-refractivity contribution in [2.75, 3.05) is 11.9 Å². The van der Waals surface area contributed by atoms with Crippen molar-refractivity contribution < 1.29 is 27.1 Å². The number of hydrogen-bond donors (Lipinski definition) is 1. The van der Waals surface area contributed by atoms with Gasteiger partial charge in [-0.2, -0.15) is 13.2 Å². The van der Waals surface area contributed by atoms with E-state index in [4.69, 9.17) is 4.74 Å². The van der Waals surface area contributed by atoms with E-state index in [-0.39, 0.29) is 23.3 Å². The second kappa shape index (κ2) is 5.91. The van der Waals surface area contributed by atoms with Crippen LogP contribution < -0.4 is 10.1 Å². The van der Waals surface area contributed by atoms with E-state index >= 15 is 0 Å². The Balaban J connectivity index is 2.01. The van der Waals surface area contributed by atoms with Gasteiger partial charge in [0.05, 0.1) is 18.7 Å². The van der Waals surface area contributed by atoms with Crippen LogP contribution in [0.5, 0.6) is 5.75 Å². The molecule has 1 aromatic rings. The van der Waals surface area contributed by atoms with Crippen molar-refractivity contribution in [1.82, 2.24) is 0 Å². The topological polar surface area (TPSA) is 38.3 Å². The van der Waals surface area contributed by atoms with Gasteiger partial charge in [0.25, 0.3) is 0 Å².